The maximum absolute atomic E-state index is 13.7. The van der Waals surface area contributed by atoms with Crippen LogP contribution in [-0.2, 0) is 59.0 Å². The number of carbonyl (C=O) groups is 4. The van der Waals surface area contributed by atoms with E-state index in [1.54, 1.807) is 30.3 Å². The molecule has 2 saturated heterocycles. The number of benzene rings is 1. The Morgan fingerprint density at radius 1 is 0.875 bits per heavy atom. The fourth-order valence-electron chi connectivity index (χ4n) is 6.63. The Morgan fingerprint density at radius 3 is 2.17 bits per heavy atom. The fourth-order valence-corrected chi connectivity index (χ4v) is 6.63. The molecule has 258 valence electrons. The van der Waals surface area contributed by atoms with Gasteiger partial charge >= 0.3 is 35.3 Å². The molecule has 1 N–H and O–H groups in total. The van der Waals surface area contributed by atoms with E-state index in [4.69, 9.17) is 33.3 Å². The van der Waals surface area contributed by atoms with Crippen LogP contribution in [0.25, 0.3) is 5.69 Å². The predicted octanol–water partition coefficient (Wildman–Crippen LogP) is -1.04. The zero-order chi connectivity index (χ0) is 34.4. The summed E-state index contributed by atoms with van der Waals surface area (Å²) >= 11 is 0. The normalized spacial score (nSPS) is 32.6. The highest BCUT2D eigenvalue weighted by atomic mass is 16.8. The van der Waals surface area contributed by atoms with Gasteiger partial charge in [0.15, 0.2) is 12.2 Å². The molecule has 0 bridgehead atoms. The lowest BCUT2D eigenvalue weighted by atomic mass is 9.78. The van der Waals surface area contributed by atoms with Crippen LogP contribution in [0.2, 0.25) is 0 Å². The topological polar surface area (TPSA) is 218 Å². The summed E-state index contributed by atoms with van der Waals surface area (Å²) in [6.07, 6.45) is -9.59. The molecule has 0 unspecified atom stereocenters. The molecular weight excluding hydrogens is 640 g/mol. The molecule has 10 atom stereocenters. The summed E-state index contributed by atoms with van der Waals surface area (Å²) in [5, 5.41) is 15.6. The maximum atomic E-state index is 13.7. The molecule has 0 amide bonds. The van der Waals surface area contributed by atoms with Crippen molar-refractivity contribution in [3.8, 4) is 5.69 Å². The Bertz CT molecular complexity index is 1750. The third-order valence-electron chi connectivity index (χ3n) is 8.51. The van der Waals surface area contributed by atoms with Gasteiger partial charge in [-0.15, -0.1) is 0 Å². The largest absolute Gasteiger partial charge is 0.463 e. The number of aromatic nitrogens is 3. The molecule has 4 aliphatic rings. The molecular formula is C30H34N4O14. The molecule has 0 radical (unpaired) electrons. The number of rotatable bonds is 8. The van der Waals surface area contributed by atoms with Gasteiger partial charge < -0.3 is 38.4 Å². The average molecular weight is 675 g/mol. The summed E-state index contributed by atoms with van der Waals surface area (Å²) < 4.78 is 36.6. The van der Waals surface area contributed by atoms with Crippen LogP contribution >= 0.6 is 0 Å². The first-order chi connectivity index (χ1) is 22.9. The van der Waals surface area contributed by atoms with Gasteiger partial charge in [0.25, 0.3) is 6.29 Å². The molecule has 18 nitrogen and oxygen atoms in total. The minimum Gasteiger partial charge on any atom is -0.463 e. The zero-order valence-electron chi connectivity index (χ0n) is 26.3. The maximum Gasteiger partial charge on any atom is 0.352 e. The van der Waals surface area contributed by atoms with Gasteiger partial charge in [-0.3, -0.25) is 19.2 Å². The number of carbonyl (C=O) groups excluding carboxylic acids is 4. The number of fused-ring (bicyclic) bond motifs is 4. The quantitative estimate of drug-likeness (QED) is 0.153. The van der Waals surface area contributed by atoms with Crippen LogP contribution in [0.1, 0.15) is 40.2 Å². The van der Waals surface area contributed by atoms with Crippen molar-refractivity contribution in [3.05, 3.63) is 51.3 Å². The van der Waals surface area contributed by atoms with Crippen molar-refractivity contribution in [2.24, 2.45) is 11.1 Å². The van der Waals surface area contributed by atoms with Crippen LogP contribution in [0.3, 0.4) is 0 Å². The number of esters is 4. The molecule has 1 aromatic carbocycles. The third kappa shape index (κ3) is 6.13. The van der Waals surface area contributed by atoms with E-state index in [2.05, 4.69) is 5.16 Å². The minimum absolute atomic E-state index is 0.108. The lowest BCUT2D eigenvalue weighted by molar-refractivity contribution is -0.308. The van der Waals surface area contributed by atoms with E-state index in [-0.39, 0.29) is 13.0 Å². The number of aliphatic hydroxyl groups excluding tert-OH is 1. The first-order valence-corrected chi connectivity index (χ1v) is 15.2. The number of ether oxygens (including phenoxy) is 6. The number of hydrogen-bond donors (Lipinski definition) is 1. The summed E-state index contributed by atoms with van der Waals surface area (Å²) in [5.74, 6) is -3.74. The van der Waals surface area contributed by atoms with Crippen molar-refractivity contribution in [1.29, 1.82) is 0 Å². The van der Waals surface area contributed by atoms with Crippen LogP contribution in [0.4, 0.5) is 0 Å². The average Bonchev–Trinajstić information content (AvgIpc) is 3.78. The van der Waals surface area contributed by atoms with Crippen LogP contribution in [-0.4, -0.2) is 104 Å². The second-order valence-corrected chi connectivity index (χ2v) is 11.8. The van der Waals surface area contributed by atoms with E-state index in [9.17, 15) is 33.9 Å². The molecule has 3 fully saturated rings. The fraction of sp³-hybridized carbons (Fsp3) is 0.567. The van der Waals surface area contributed by atoms with Gasteiger partial charge in [-0.2, -0.15) is 0 Å². The Morgan fingerprint density at radius 2 is 1.52 bits per heavy atom. The van der Waals surface area contributed by atoms with Gasteiger partial charge in [-0.05, 0) is 18.6 Å². The van der Waals surface area contributed by atoms with Crippen molar-refractivity contribution in [1.82, 2.24) is 13.9 Å². The molecule has 6 rings (SSSR count). The molecule has 1 aliphatic carbocycles. The summed E-state index contributed by atoms with van der Waals surface area (Å²) in [5.41, 5.74) is -0.562. The summed E-state index contributed by atoms with van der Waals surface area (Å²) in [6, 6.07) is 7.43. The van der Waals surface area contributed by atoms with Crippen molar-refractivity contribution >= 4 is 29.6 Å². The minimum atomic E-state index is -1.59. The number of hydrogen-bond acceptors (Lipinski definition) is 15. The highest BCUT2D eigenvalue weighted by molar-refractivity contribution is 5.94. The van der Waals surface area contributed by atoms with Crippen molar-refractivity contribution in [2.45, 2.75) is 95.7 Å². The lowest BCUT2D eigenvalue weighted by Crippen LogP contribution is -2.62. The Hall–Kier alpha value is -4.81. The SMILES string of the molecule is CC(=O)OC[C@H]1O[C@@H](ON=C2[C@H]3CCn4c(=O)n(-c5ccccc5)c(=O)n4[C@H]3[C@H](O)[C@@H]3O[C@H]23)[C@H](OC(C)=O)[C@@H](OC(C)=O)[C@@H]1OC(C)=O. The number of nitrogens with zero attached hydrogens (tertiary/aromatic N) is 4. The monoisotopic (exact) mass is 674 g/mol. The second kappa shape index (κ2) is 13.0. The molecule has 1 aromatic heterocycles. The number of aliphatic hydroxyl groups is 1. The van der Waals surface area contributed by atoms with Gasteiger partial charge in [-0.1, -0.05) is 23.4 Å². The van der Waals surface area contributed by atoms with Crippen molar-refractivity contribution < 1.29 is 57.5 Å². The van der Waals surface area contributed by atoms with E-state index in [0.717, 1.165) is 32.3 Å². The molecule has 2 aromatic rings. The van der Waals surface area contributed by atoms with Crippen LogP contribution in [0.15, 0.2) is 45.1 Å². The van der Waals surface area contributed by atoms with Gasteiger partial charge in [0.2, 0.25) is 6.10 Å². The summed E-state index contributed by atoms with van der Waals surface area (Å²) in [6.45, 7) is 4.09. The Labute approximate surface area is 271 Å². The van der Waals surface area contributed by atoms with Crippen LogP contribution in [0.5, 0.6) is 0 Å². The Kier molecular flexibility index (Phi) is 8.97. The van der Waals surface area contributed by atoms with Gasteiger partial charge in [0.1, 0.15) is 31.0 Å². The van der Waals surface area contributed by atoms with Crippen molar-refractivity contribution in [3.63, 3.8) is 0 Å². The number of epoxide rings is 1. The highest BCUT2D eigenvalue weighted by Crippen LogP contribution is 2.46. The van der Waals surface area contributed by atoms with E-state index in [0.29, 0.717) is 11.4 Å². The molecule has 48 heavy (non-hydrogen) atoms. The highest BCUT2D eigenvalue weighted by Gasteiger charge is 2.62. The summed E-state index contributed by atoms with van der Waals surface area (Å²) in [4.78, 5) is 80.9. The molecule has 0 spiro atoms. The second-order valence-electron chi connectivity index (χ2n) is 11.8. The first kappa shape index (κ1) is 33.1. The van der Waals surface area contributed by atoms with Gasteiger partial charge in [0, 0.05) is 40.2 Å². The van der Waals surface area contributed by atoms with E-state index < -0.39 is 103 Å². The molecule has 1 saturated carbocycles. The van der Waals surface area contributed by atoms with Gasteiger partial charge in [-0.25, -0.2) is 23.5 Å². The Balaban J connectivity index is 1.35. The lowest BCUT2D eigenvalue weighted by Gasteiger charge is -2.43. The first-order valence-electron chi connectivity index (χ1n) is 15.2. The smallest absolute Gasteiger partial charge is 0.352 e. The molecule has 18 heteroatoms. The van der Waals surface area contributed by atoms with E-state index in [1.165, 1.54) is 9.36 Å². The van der Waals surface area contributed by atoms with E-state index in [1.807, 2.05) is 0 Å². The third-order valence-corrected chi connectivity index (χ3v) is 8.51. The molecule has 3 aliphatic heterocycles. The van der Waals surface area contributed by atoms with E-state index >= 15 is 0 Å². The van der Waals surface area contributed by atoms with Gasteiger partial charge in [0.05, 0.1) is 17.4 Å². The summed E-state index contributed by atoms with van der Waals surface area (Å²) in [7, 11) is 0. The van der Waals surface area contributed by atoms with Crippen LogP contribution < -0.4 is 11.4 Å². The predicted molar refractivity (Wildman–Crippen MR) is 157 cm³/mol. The standard InChI is InChI=1S/C30H34N4O14/c1-13(35)42-12-19-23(43-14(2)36)26(44-15(3)37)27(45-16(4)38)28(46-19)48-31-20-18-10-11-32-29(40)33(17-8-6-5-7-9-17)30(41)34(32)21(18)22(39)25-24(20)47-25/h5-9,18-19,21-28,39H,10-12H2,1-4H3/t18-,19-,21-,22+,23-,24-,25+,26+,27-,28+/m1/s1. The van der Waals surface area contributed by atoms with Crippen molar-refractivity contribution in [2.75, 3.05) is 6.61 Å². The van der Waals surface area contributed by atoms with Crippen LogP contribution in [0, 0.1) is 5.92 Å². The molecule has 4 heterocycles. The zero-order valence-corrected chi connectivity index (χ0v) is 26.3. The number of para-hydroxylation sites is 1. The number of oxime groups is 1.